The first kappa shape index (κ1) is 23.7. The van der Waals surface area contributed by atoms with Gasteiger partial charge in [-0.25, -0.2) is 4.98 Å². The van der Waals surface area contributed by atoms with Crippen LogP contribution in [0.2, 0.25) is 0 Å². The Bertz CT molecular complexity index is 651. The molecule has 1 aromatic carbocycles. The number of hydrogen-bond donors (Lipinski definition) is 2. The smallest absolute Gasteiger partial charge is 0.270 e. The first-order valence-corrected chi connectivity index (χ1v) is 8.77. The number of nitrogens with two attached hydrogens (primary N) is 1. The van der Waals surface area contributed by atoms with Crippen molar-refractivity contribution in [1.82, 2.24) is 10.3 Å². The van der Waals surface area contributed by atoms with Gasteiger partial charge in [-0.15, -0.1) is 36.2 Å². The summed E-state index contributed by atoms with van der Waals surface area (Å²) in [5.74, 6) is -0.120. The van der Waals surface area contributed by atoms with Crippen molar-refractivity contribution in [3.63, 3.8) is 0 Å². The lowest BCUT2D eigenvalue weighted by molar-refractivity contribution is 0.0950. The molecule has 0 saturated carbocycles. The van der Waals surface area contributed by atoms with E-state index in [2.05, 4.69) is 41.2 Å². The number of benzene rings is 1. The lowest BCUT2D eigenvalue weighted by Gasteiger charge is -2.25. The molecular weight excluding hydrogens is 379 g/mol. The molecule has 1 heterocycles. The molecule has 2 aromatic rings. The average Bonchev–Trinajstić information content (AvgIpc) is 3.01. The van der Waals surface area contributed by atoms with Crippen molar-refractivity contribution in [2.75, 3.05) is 31.1 Å². The van der Waals surface area contributed by atoms with Gasteiger partial charge in [0, 0.05) is 37.1 Å². The number of rotatable bonds is 8. The van der Waals surface area contributed by atoms with Crippen molar-refractivity contribution in [3.8, 4) is 0 Å². The molecule has 0 aliphatic carbocycles. The van der Waals surface area contributed by atoms with Crippen LogP contribution in [0.4, 0.5) is 5.69 Å². The van der Waals surface area contributed by atoms with E-state index >= 15 is 0 Å². The highest BCUT2D eigenvalue weighted by atomic mass is 35.5. The molecule has 0 bridgehead atoms. The van der Waals surface area contributed by atoms with E-state index in [1.54, 1.807) is 5.38 Å². The van der Waals surface area contributed by atoms with Crippen LogP contribution in [0, 0.1) is 6.92 Å². The van der Waals surface area contributed by atoms with Gasteiger partial charge in [0.1, 0.15) is 5.69 Å². The van der Waals surface area contributed by atoms with Crippen LogP contribution in [0.15, 0.2) is 29.6 Å². The summed E-state index contributed by atoms with van der Waals surface area (Å²) >= 11 is 1.48. The summed E-state index contributed by atoms with van der Waals surface area (Å²) in [6.07, 6.45) is 0.717. The fourth-order valence-electron chi connectivity index (χ4n) is 2.42. The second-order valence-corrected chi connectivity index (χ2v) is 6.23. The molecule has 3 N–H and O–H groups in total. The predicted octanol–water partition coefficient (Wildman–Crippen LogP) is 3.05. The summed E-state index contributed by atoms with van der Waals surface area (Å²) in [7, 11) is 0. The molecule has 1 aromatic heterocycles. The van der Waals surface area contributed by atoms with E-state index in [9.17, 15) is 4.79 Å². The minimum Gasteiger partial charge on any atom is -0.370 e. The Kier molecular flexibility index (Phi) is 11.4. The van der Waals surface area contributed by atoms with E-state index in [0.29, 0.717) is 18.8 Å². The second kappa shape index (κ2) is 12.1. The number of nitrogens with zero attached hydrogens (tertiary/aromatic N) is 2. The highest BCUT2D eigenvalue weighted by Crippen LogP contribution is 2.18. The molecule has 0 unspecified atom stereocenters. The molecule has 0 fully saturated rings. The molecule has 0 aliphatic rings. The topological polar surface area (TPSA) is 71.2 Å². The van der Waals surface area contributed by atoms with E-state index < -0.39 is 0 Å². The number of aryl methyl sites for hydroxylation is 1. The third kappa shape index (κ3) is 6.82. The van der Waals surface area contributed by atoms with Gasteiger partial charge in [-0.05, 0) is 32.0 Å². The van der Waals surface area contributed by atoms with E-state index in [4.69, 9.17) is 5.73 Å². The van der Waals surface area contributed by atoms with Crippen LogP contribution in [-0.4, -0.2) is 37.1 Å². The van der Waals surface area contributed by atoms with E-state index in [-0.39, 0.29) is 30.7 Å². The van der Waals surface area contributed by atoms with Gasteiger partial charge in [-0.1, -0.05) is 18.2 Å². The molecule has 25 heavy (non-hydrogen) atoms. The normalized spacial score (nSPS) is 9.72. The van der Waals surface area contributed by atoms with Crippen molar-refractivity contribution < 1.29 is 4.79 Å². The number of carbonyl (C=O) groups excluding carboxylic acids is 1. The van der Waals surface area contributed by atoms with Gasteiger partial charge in [0.05, 0.1) is 5.01 Å². The highest BCUT2D eigenvalue weighted by molar-refractivity contribution is 7.09. The Morgan fingerprint density at radius 2 is 2.04 bits per heavy atom. The van der Waals surface area contributed by atoms with Crippen molar-refractivity contribution in [2.45, 2.75) is 20.3 Å². The number of thiazole rings is 1. The summed E-state index contributed by atoms with van der Waals surface area (Å²) in [5, 5.41) is 5.64. The molecule has 0 saturated heterocycles. The van der Waals surface area contributed by atoms with Crippen LogP contribution in [-0.2, 0) is 6.42 Å². The predicted molar refractivity (Wildman–Crippen MR) is 111 cm³/mol. The van der Waals surface area contributed by atoms with Gasteiger partial charge in [0.15, 0.2) is 0 Å². The van der Waals surface area contributed by atoms with Gasteiger partial charge < -0.3 is 16.0 Å². The molecule has 0 aliphatic heterocycles. The summed E-state index contributed by atoms with van der Waals surface area (Å²) in [6.45, 7) is 7.03. The van der Waals surface area contributed by atoms with Crippen LogP contribution in [0.3, 0.4) is 0 Å². The van der Waals surface area contributed by atoms with E-state index in [0.717, 1.165) is 24.5 Å². The molecule has 140 valence electrons. The zero-order valence-electron chi connectivity index (χ0n) is 14.5. The first-order valence-electron chi connectivity index (χ1n) is 7.89. The largest absolute Gasteiger partial charge is 0.370 e. The molecule has 1 amide bonds. The number of carbonyl (C=O) groups is 1. The maximum absolute atomic E-state index is 12.1. The van der Waals surface area contributed by atoms with Gasteiger partial charge in [0.2, 0.25) is 0 Å². The molecule has 0 radical (unpaired) electrons. The second-order valence-electron chi connectivity index (χ2n) is 5.29. The van der Waals surface area contributed by atoms with E-state index in [1.807, 2.05) is 12.1 Å². The Hall–Kier alpha value is -1.34. The summed E-state index contributed by atoms with van der Waals surface area (Å²) in [5.41, 5.74) is 8.44. The van der Waals surface area contributed by atoms with Gasteiger partial charge >= 0.3 is 0 Å². The monoisotopic (exact) mass is 404 g/mol. The molecule has 8 heteroatoms. The van der Waals surface area contributed by atoms with Crippen molar-refractivity contribution >= 4 is 47.7 Å². The molecule has 0 atom stereocenters. The Labute approximate surface area is 165 Å². The molecule has 2 rings (SSSR count). The lowest BCUT2D eigenvalue weighted by atomic mass is 10.2. The number of nitrogens with one attached hydrogen (secondary N) is 1. The van der Waals surface area contributed by atoms with Crippen LogP contribution >= 0.6 is 36.2 Å². The third-order valence-electron chi connectivity index (χ3n) is 3.65. The minimum absolute atomic E-state index is 0. The first-order chi connectivity index (χ1) is 11.2. The fourth-order valence-corrected chi connectivity index (χ4v) is 3.21. The van der Waals surface area contributed by atoms with Gasteiger partial charge in [-0.2, -0.15) is 0 Å². The summed E-state index contributed by atoms with van der Waals surface area (Å²) < 4.78 is 0. The Morgan fingerprint density at radius 1 is 1.32 bits per heavy atom. The number of para-hydroxylation sites is 1. The van der Waals surface area contributed by atoms with Crippen LogP contribution < -0.4 is 16.0 Å². The van der Waals surface area contributed by atoms with E-state index in [1.165, 1.54) is 22.6 Å². The summed E-state index contributed by atoms with van der Waals surface area (Å²) in [4.78, 5) is 18.7. The van der Waals surface area contributed by atoms with Crippen molar-refractivity contribution in [2.24, 2.45) is 5.73 Å². The standard InChI is InChI=1S/C17H24N4OS.2ClH/c1-3-21(15-7-5-4-6-13(15)2)11-10-19-17(22)14-12-23-16(20-14)8-9-18;;/h4-7,12H,3,8-11,18H2,1-2H3,(H,19,22);2*1H. The minimum atomic E-state index is -0.120. The molecule has 5 nitrogen and oxygen atoms in total. The Morgan fingerprint density at radius 3 is 2.68 bits per heavy atom. The Balaban J connectivity index is 0.00000288. The average molecular weight is 405 g/mol. The van der Waals surface area contributed by atoms with Gasteiger partial charge in [0.25, 0.3) is 5.91 Å². The van der Waals surface area contributed by atoms with Crippen LogP contribution in [0.25, 0.3) is 0 Å². The maximum Gasteiger partial charge on any atom is 0.270 e. The zero-order chi connectivity index (χ0) is 16.7. The third-order valence-corrected chi connectivity index (χ3v) is 4.56. The number of anilines is 1. The molecular formula is C17H26Cl2N4OS. The van der Waals surface area contributed by atoms with Crippen molar-refractivity contribution in [1.29, 1.82) is 0 Å². The number of hydrogen-bond acceptors (Lipinski definition) is 5. The van der Waals surface area contributed by atoms with Gasteiger partial charge in [-0.3, -0.25) is 4.79 Å². The number of likely N-dealkylation sites (N-methyl/N-ethyl adjacent to an activating group) is 1. The molecule has 0 spiro atoms. The lowest BCUT2D eigenvalue weighted by Crippen LogP contribution is -2.35. The SMILES string of the molecule is CCN(CCNC(=O)c1csc(CCN)n1)c1ccccc1C.Cl.Cl. The fraction of sp³-hybridized carbons (Fsp3) is 0.412. The number of aromatic nitrogens is 1. The highest BCUT2D eigenvalue weighted by Gasteiger charge is 2.11. The quantitative estimate of drug-likeness (QED) is 0.708. The summed E-state index contributed by atoms with van der Waals surface area (Å²) in [6, 6.07) is 8.29. The van der Waals surface area contributed by atoms with Crippen molar-refractivity contribution in [3.05, 3.63) is 45.9 Å². The maximum atomic E-state index is 12.1. The number of halogens is 2. The number of amides is 1. The zero-order valence-corrected chi connectivity index (χ0v) is 17.0. The van der Waals surface area contributed by atoms with Crippen LogP contribution in [0.1, 0.15) is 28.0 Å². The van der Waals surface area contributed by atoms with Crippen LogP contribution in [0.5, 0.6) is 0 Å².